The summed E-state index contributed by atoms with van der Waals surface area (Å²) in [6, 6.07) is 7.85. The molecule has 3 nitrogen and oxygen atoms in total. The van der Waals surface area contributed by atoms with Crippen molar-refractivity contribution in [3.63, 3.8) is 0 Å². The summed E-state index contributed by atoms with van der Waals surface area (Å²) >= 11 is 8.29. The number of aliphatic imine (C=N–C) groups is 1. The minimum Gasteiger partial charge on any atom is -0.369 e. The molecular formula is C13H16ClN3S. The summed E-state index contributed by atoms with van der Waals surface area (Å²) in [5.41, 5.74) is 7.09. The molecule has 2 heterocycles. The predicted molar refractivity (Wildman–Crippen MR) is 79.7 cm³/mol. The van der Waals surface area contributed by atoms with Gasteiger partial charge in [-0.3, -0.25) is 4.99 Å². The summed E-state index contributed by atoms with van der Waals surface area (Å²) in [6.45, 7) is 3.04. The number of guanidine groups is 1. The van der Waals surface area contributed by atoms with Crippen LogP contribution >= 0.6 is 23.4 Å². The Hall–Kier alpha value is -0.870. The molecule has 2 aliphatic rings. The van der Waals surface area contributed by atoms with E-state index in [0.29, 0.717) is 11.2 Å². The monoisotopic (exact) mass is 281 g/mol. The summed E-state index contributed by atoms with van der Waals surface area (Å²) in [6.07, 6.45) is 1.10. The topological polar surface area (TPSA) is 41.6 Å². The van der Waals surface area contributed by atoms with Crippen LogP contribution in [-0.2, 0) is 0 Å². The second-order valence-electron chi connectivity index (χ2n) is 5.01. The van der Waals surface area contributed by atoms with Gasteiger partial charge in [-0.15, -0.1) is 0 Å². The lowest BCUT2D eigenvalue weighted by molar-refractivity contribution is 0.493. The van der Waals surface area contributed by atoms with Gasteiger partial charge in [0.05, 0.1) is 22.8 Å². The zero-order chi connectivity index (χ0) is 12.8. The van der Waals surface area contributed by atoms with E-state index in [0.717, 1.165) is 29.4 Å². The largest absolute Gasteiger partial charge is 0.369 e. The first kappa shape index (κ1) is 12.2. The summed E-state index contributed by atoms with van der Waals surface area (Å²) in [5.74, 6) is 1.65. The van der Waals surface area contributed by atoms with Crippen LogP contribution in [0, 0.1) is 0 Å². The number of anilines is 1. The molecular weight excluding hydrogens is 266 g/mol. The van der Waals surface area contributed by atoms with E-state index >= 15 is 0 Å². The number of nitrogens with zero attached hydrogens (tertiary/aromatic N) is 2. The van der Waals surface area contributed by atoms with Crippen LogP contribution in [-0.4, -0.2) is 29.0 Å². The average Bonchev–Trinajstić information content (AvgIpc) is 2.86. The van der Waals surface area contributed by atoms with E-state index in [-0.39, 0.29) is 5.54 Å². The molecule has 1 spiro atoms. The highest BCUT2D eigenvalue weighted by Crippen LogP contribution is 2.44. The zero-order valence-corrected chi connectivity index (χ0v) is 11.8. The van der Waals surface area contributed by atoms with Crippen molar-refractivity contribution >= 4 is 35.0 Å². The molecule has 1 aromatic carbocycles. The summed E-state index contributed by atoms with van der Waals surface area (Å²) in [7, 11) is 0. The van der Waals surface area contributed by atoms with Crippen LogP contribution in [0.25, 0.3) is 0 Å². The highest BCUT2D eigenvalue weighted by molar-refractivity contribution is 8.00. The van der Waals surface area contributed by atoms with Crippen molar-refractivity contribution in [1.29, 1.82) is 0 Å². The lowest BCUT2D eigenvalue weighted by Crippen LogP contribution is -2.52. The van der Waals surface area contributed by atoms with Crippen molar-refractivity contribution in [1.82, 2.24) is 0 Å². The van der Waals surface area contributed by atoms with E-state index in [1.807, 2.05) is 36.0 Å². The molecule has 2 unspecified atom stereocenters. The zero-order valence-electron chi connectivity index (χ0n) is 10.3. The van der Waals surface area contributed by atoms with Crippen LogP contribution < -0.4 is 10.6 Å². The molecule has 0 aliphatic carbocycles. The molecule has 2 aliphatic heterocycles. The number of nitrogens with two attached hydrogens (primary N) is 1. The molecule has 0 amide bonds. The van der Waals surface area contributed by atoms with Gasteiger partial charge in [0.1, 0.15) is 0 Å². The van der Waals surface area contributed by atoms with Crippen LogP contribution in [0.4, 0.5) is 5.69 Å². The quantitative estimate of drug-likeness (QED) is 0.861. The average molecular weight is 282 g/mol. The van der Waals surface area contributed by atoms with Gasteiger partial charge in [0, 0.05) is 11.0 Å². The van der Waals surface area contributed by atoms with Gasteiger partial charge in [-0.2, -0.15) is 11.8 Å². The minimum atomic E-state index is 0.0269. The van der Waals surface area contributed by atoms with E-state index in [2.05, 4.69) is 16.8 Å². The normalized spacial score (nSPS) is 31.1. The fraction of sp³-hybridized carbons (Fsp3) is 0.462. The smallest absolute Gasteiger partial charge is 0.196 e. The van der Waals surface area contributed by atoms with E-state index in [1.165, 1.54) is 0 Å². The Morgan fingerprint density at radius 3 is 2.94 bits per heavy atom. The van der Waals surface area contributed by atoms with Gasteiger partial charge in [-0.1, -0.05) is 30.7 Å². The van der Waals surface area contributed by atoms with Crippen molar-refractivity contribution in [3.8, 4) is 0 Å². The molecule has 2 N–H and O–H groups in total. The number of thioether (sulfide) groups is 1. The lowest BCUT2D eigenvalue weighted by Gasteiger charge is -2.36. The van der Waals surface area contributed by atoms with Gasteiger partial charge in [-0.05, 0) is 18.6 Å². The second-order valence-corrected chi connectivity index (χ2v) is 6.85. The van der Waals surface area contributed by atoms with Crippen molar-refractivity contribution in [2.24, 2.45) is 10.7 Å². The number of hydrogen-bond donors (Lipinski definition) is 1. The van der Waals surface area contributed by atoms with Crippen molar-refractivity contribution in [3.05, 3.63) is 29.3 Å². The van der Waals surface area contributed by atoms with E-state index < -0.39 is 0 Å². The first-order valence-electron chi connectivity index (χ1n) is 6.09. The SMILES string of the molecule is CC1CC2(CN=C(N)N2c2ccccc2Cl)CS1. The Balaban J connectivity index is 2.03. The van der Waals surface area contributed by atoms with Gasteiger partial charge in [0.25, 0.3) is 0 Å². The Bertz CT molecular complexity index is 505. The van der Waals surface area contributed by atoms with Gasteiger partial charge in [-0.25, -0.2) is 0 Å². The van der Waals surface area contributed by atoms with Gasteiger partial charge in [0.2, 0.25) is 0 Å². The van der Waals surface area contributed by atoms with Crippen LogP contribution in [0.1, 0.15) is 13.3 Å². The van der Waals surface area contributed by atoms with Gasteiger partial charge >= 0.3 is 0 Å². The molecule has 18 heavy (non-hydrogen) atoms. The van der Waals surface area contributed by atoms with E-state index in [4.69, 9.17) is 17.3 Å². The van der Waals surface area contributed by atoms with Gasteiger partial charge < -0.3 is 10.6 Å². The lowest BCUT2D eigenvalue weighted by atomic mass is 9.94. The molecule has 2 atom stereocenters. The first-order chi connectivity index (χ1) is 8.62. The second kappa shape index (κ2) is 4.35. The van der Waals surface area contributed by atoms with Crippen LogP contribution in [0.15, 0.2) is 29.3 Å². The molecule has 0 bridgehead atoms. The minimum absolute atomic E-state index is 0.0269. The maximum absolute atomic E-state index is 6.31. The summed E-state index contributed by atoms with van der Waals surface area (Å²) in [4.78, 5) is 6.60. The van der Waals surface area contributed by atoms with Crippen molar-refractivity contribution in [2.75, 3.05) is 17.2 Å². The highest BCUT2D eigenvalue weighted by atomic mass is 35.5. The molecule has 1 saturated heterocycles. The molecule has 5 heteroatoms. The summed E-state index contributed by atoms with van der Waals surface area (Å²) < 4.78 is 0. The number of para-hydroxylation sites is 1. The molecule has 0 radical (unpaired) electrons. The third-order valence-electron chi connectivity index (χ3n) is 3.64. The maximum atomic E-state index is 6.31. The van der Waals surface area contributed by atoms with Crippen LogP contribution in [0.5, 0.6) is 0 Å². The van der Waals surface area contributed by atoms with E-state index in [1.54, 1.807) is 0 Å². The Kier molecular flexibility index (Phi) is 2.94. The number of benzene rings is 1. The van der Waals surface area contributed by atoms with Gasteiger partial charge in [0.15, 0.2) is 5.96 Å². The van der Waals surface area contributed by atoms with Crippen molar-refractivity contribution in [2.45, 2.75) is 24.1 Å². The van der Waals surface area contributed by atoms with Crippen LogP contribution in [0.2, 0.25) is 5.02 Å². The third-order valence-corrected chi connectivity index (χ3v) is 5.40. The number of rotatable bonds is 1. The molecule has 3 rings (SSSR count). The Morgan fingerprint density at radius 2 is 2.28 bits per heavy atom. The Morgan fingerprint density at radius 1 is 1.50 bits per heavy atom. The van der Waals surface area contributed by atoms with Crippen molar-refractivity contribution < 1.29 is 0 Å². The number of hydrogen-bond acceptors (Lipinski definition) is 4. The predicted octanol–water partition coefficient (Wildman–Crippen LogP) is 2.74. The van der Waals surface area contributed by atoms with Crippen LogP contribution in [0.3, 0.4) is 0 Å². The highest BCUT2D eigenvalue weighted by Gasteiger charge is 2.48. The third kappa shape index (κ3) is 1.79. The summed E-state index contributed by atoms with van der Waals surface area (Å²) in [5, 5.41) is 1.39. The fourth-order valence-corrected chi connectivity index (χ4v) is 4.42. The molecule has 0 saturated carbocycles. The fourth-order valence-electron chi connectivity index (χ4n) is 2.84. The van der Waals surface area contributed by atoms with E-state index in [9.17, 15) is 0 Å². The molecule has 0 aromatic heterocycles. The standard InChI is InChI=1S/C13H16ClN3S/c1-9-6-13(8-18-9)7-16-12(15)17(13)11-5-3-2-4-10(11)14/h2-5,9H,6-8H2,1H3,(H2,15,16). The Labute approximate surface area is 116 Å². The maximum Gasteiger partial charge on any atom is 0.196 e. The molecule has 1 aromatic rings. The molecule has 96 valence electrons. The molecule has 1 fully saturated rings. The first-order valence-corrected chi connectivity index (χ1v) is 7.51. The number of halogens is 1.